The van der Waals surface area contributed by atoms with E-state index in [1.54, 1.807) is 6.20 Å². The molecule has 0 spiro atoms. The molecule has 2 aromatic rings. The topological polar surface area (TPSA) is 68.5 Å². The first kappa shape index (κ1) is 15.2. The largest absolute Gasteiger partial charge is 0.324 e. The smallest absolute Gasteiger partial charge is 0.244 e. The fraction of sp³-hybridized carbons (Fsp3) is 0.600. The van der Waals surface area contributed by atoms with Gasteiger partial charge in [0.2, 0.25) is 5.28 Å². The summed E-state index contributed by atoms with van der Waals surface area (Å²) in [6.07, 6.45) is 6.59. The molecule has 0 radical (unpaired) electrons. The van der Waals surface area contributed by atoms with Gasteiger partial charge < -0.3 is 5.32 Å². The molecule has 1 fully saturated rings. The third-order valence-corrected chi connectivity index (χ3v) is 4.09. The fourth-order valence-electron chi connectivity index (χ4n) is 2.89. The molecule has 3 rings (SSSR count). The van der Waals surface area contributed by atoms with Crippen molar-refractivity contribution in [1.82, 2.24) is 25.0 Å². The van der Waals surface area contributed by atoms with Crippen LogP contribution in [0.15, 0.2) is 12.3 Å². The predicted octanol–water partition coefficient (Wildman–Crippen LogP) is 3.88. The van der Waals surface area contributed by atoms with E-state index in [2.05, 4.69) is 47.3 Å². The van der Waals surface area contributed by atoms with Crippen LogP contribution in [0.5, 0.6) is 0 Å². The van der Waals surface area contributed by atoms with E-state index in [1.807, 2.05) is 4.68 Å². The Balaban J connectivity index is 1.94. The van der Waals surface area contributed by atoms with Gasteiger partial charge in [-0.3, -0.25) is 0 Å². The zero-order chi connectivity index (χ0) is 15.7. The summed E-state index contributed by atoms with van der Waals surface area (Å²) in [5, 5.41) is 15.7. The highest BCUT2D eigenvalue weighted by molar-refractivity contribution is 6.28. The zero-order valence-corrected chi connectivity index (χ0v) is 13.9. The van der Waals surface area contributed by atoms with Gasteiger partial charge in [-0.25, -0.2) is 4.68 Å². The van der Waals surface area contributed by atoms with Gasteiger partial charge in [-0.15, -0.1) is 5.10 Å². The van der Waals surface area contributed by atoms with Gasteiger partial charge in [0, 0.05) is 12.0 Å². The summed E-state index contributed by atoms with van der Waals surface area (Å²) in [4.78, 5) is 4.14. The summed E-state index contributed by atoms with van der Waals surface area (Å²) in [5.74, 6) is 2.05. The summed E-state index contributed by atoms with van der Waals surface area (Å²) in [7, 11) is 0. The molecule has 1 aliphatic rings. The molecule has 0 unspecified atom stereocenters. The standard InChI is InChI=1S/C15H21ClN6/c1-15(2,3)22-13(18-12-9-17-20-14(16)19-12)8-11(21-22)10-6-4-5-7-10/h8-10H,4-7H2,1-3H3,(H,18,19,20). The molecule has 118 valence electrons. The Morgan fingerprint density at radius 1 is 1.27 bits per heavy atom. The Kier molecular flexibility index (Phi) is 4.04. The summed E-state index contributed by atoms with van der Waals surface area (Å²) >= 11 is 5.80. The lowest BCUT2D eigenvalue weighted by Crippen LogP contribution is -2.25. The first-order valence-electron chi connectivity index (χ1n) is 7.66. The van der Waals surface area contributed by atoms with E-state index >= 15 is 0 Å². The normalized spacial score (nSPS) is 16.2. The van der Waals surface area contributed by atoms with E-state index in [0.717, 1.165) is 11.5 Å². The van der Waals surface area contributed by atoms with Crippen LogP contribution in [-0.2, 0) is 5.54 Å². The van der Waals surface area contributed by atoms with Gasteiger partial charge >= 0.3 is 0 Å². The Labute approximate surface area is 135 Å². The molecule has 7 heteroatoms. The molecule has 2 heterocycles. The zero-order valence-electron chi connectivity index (χ0n) is 13.2. The summed E-state index contributed by atoms with van der Waals surface area (Å²) in [6, 6.07) is 2.12. The molecular formula is C15H21ClN6. The highest BCUT2D eigenvalue weighted by Gasteiger charge is 2.25. The number of nitrogens with zero attached hydrogens (tertiary/aromatic N) is 5. The Morgan fingerprint density at radius 3 is 2.64 bits per heavy atom. The quantitative estimate of drug-likeness (QED) is 0.929. The maximum atomic E-state index is 5.80. The van der Waals surface area contributed by atoms with Gasteiger partial charge in [0.15, 0.2) is 5.82 Å². The second-order valence-electron chi connectivity index (χ2n) is 6.75. The number of halogens is 1. The highest BCUT2D eigenvalue weighted by Crippen LogP contribution is 2.36. The van der Waals surface area contributed by atoms with Crippen LogP contribution in [0.2, 0.25) is 5.28 Å². The molecule has 6 nitrogen and oxygen atoms in total. The average Bonchev–Trinajstić information content (AvgIpc) is 3.06. The maximum absolute atomic E-state index is 5.80. The molecule has 0 bridgehead atoms. The minimum Gasteiger partial charge on any atom is -0.324 e. The third-order valence-electron chi connectivity index (χ3n) is 3.93. The van der Waals surface area contributed by atoms with Crippen LogP contribution in [-0.4, -0.2) is 25.0 Å². The molecule has 0 saturated heterocycles. The molecule has 1 saturated carbocycles. The number of hydrogen-bond donors (Lipinski definition) is 1. The summed E-state index contributed by atoms with van der Waals surface area (Å²) in [6.45, 7) is 6.40. The van der Waals surface area contributed by atoms with Crippen molar-refractivity contribution in [2.24, 2.45) is 0 Å². The van der Waals surface area contributed by atoms with Crippen LogP contribution in [0.4, 0.5) is 11.6 Å². The Morgan fingerprint density at radius 2 is 2.00 bits per heavy atom. The molecule has 22 heavy (non-hydrogen) atoms. The Bertz CT molecular complexity index is 654. The first-order valence-corrected chi connectivity index (χ1v) is 8.04. The van der Waals surface area contributed by atoms with Crippen LogP contribution in [0.1, 0.15) is 58.1 Å². The van der Waals surface area contributed by atoms with E-state index in [0.29, 0.717) is 11.7 Å². The maximum Gasteiger partial charge on any atom is 0.244 e. The number of anilines is 2. The lowest BCUT2D eigenvalue weighted by atomic mass is 10.0. The van der Waals surface area contributed by atoms with Crippen molar-refractivity contribution >= 4 is 23.2 Å². The molecule has 1 aliphatic carbocycles. The van der Waals surface area contributed by atoms with Gasteiger partial charge in [0.1, 0.15) is 5.82 Å². The predicted molar refractivity (Wildman–Crippen MR) is 86.6 cm³/mol. The molecule has 2 aromatic heterocycles. The van der Waals surface area contributed by atoms with Gasteiger partial charge in [-0.2, -0.15) is 15.2 Å². The van der Waals surface area contributed by atoms with Crippen molar-refractivity contribution in [1.29, 1.82) is 0 Å². The van der Waals surface area contributed by atoms with Crippen molar-refractivity contribution in [3.05, 3.63) is 23.2 Å². The molecule has 0 aliphatic heterocycles. The molecule has 0 aromatic carbocycles. The van der Waals surface area contributed by atoms with E-state index in [1.165, 1.54) is 25.7 Å². The van der Waals surface area contributed by atoms with Crippen molar-refractivity contribution in [3.8, 4) is 0 Å². The fourth-order valence-corrected chi connectivity index (χ4v) is 3.03. The highest BCUT2D eigenvalue weighted by atomic mass is 35.5. The van der Waals surface area contributed by atoms with Crippen molar-refractivity contribution in [2.75, 3.05) is 5.32 Å². The van der Waals surface area contributed by atoms with Crippen LogP contribution in [0.3, 0.4) is 0 Å². The van der Waals surface area contributed by atoms with Crippen LogP contribution >= 0.6 is 11.6 Å². The Hall–Kier alpha value is -1.69. The second-order valence-corrected chi connectivity index (χ2v) is 7.09. The second kappa shape index (κ2) is 5.83. The minimum atomic E-state index is -0.122. The lowest BCUT2D eigenvalue weighted by molar-refractivity contribution is 0.357. The lowest BCUT2D eigenvalue weighted by Gasteiger charge is -2.22. The van der Waals surface area contributed by atoms with Crippen molar-refractivity contribution in [2.45, 2.75) is 57.9 Å². The average molecular weight is 321 g/mol. The van der Waals surface area contributed by atoms with Crippen LogP contribution < -0.4 is 5.32 Å². The van der Waals surface area contributed by atoms with Gasteiger partial charge in [-0.05, 0) is 45.2 Å². The van der Waals surface area contributed by atoms with E-state index in [-0.39, 0.29) is 10.8 Å². The van der Waals surface area contributed by atoms with Gasteiger partial charge in [0.05, 0.1) is 17.4 Å². The number of hydrogen-bond acceptors (Lipinski definition) is 5. The number of nitrogens with one attached hydrogen (secondary N) is 1. The third kappa shape index (κ3) is 3.21. The van der Waals surface area contributed by atoms with Crippen LogP contribution in [0, 0.1) is 0 Å². The molecular weight excluding hydrogens is 300 g/mol. The van der Waals surface area contributed by atoms with Gasteiger partial charge in [-0.1, -0.05) is 12.8 Å². The monoisotopic (exact) mass is 320 g/mol. The molecule has 0 atom stereocenters. The van der Waals surface area contributed by atoms with E-state index < -0.39 is 0 Å². The van der Waals surface area contributed by atoms with Crippen LogP contribution in [0.25, 0.3) is 0 Å². The molecule has 0 amide bonds. The molecule has 1 N–H and O–H groups in total. The van der Waals surface area contributed by atoms with Gasteiger partial charge in [0.25, 0.3) is 0 Å². The first-order chi connectivity index (χ1) is 10.4. The SMILES string of the molecule is CC(C)(C)n1nc(C2CCCC2)cc1Nc1cnnc(Cl)n1. The number of rotatable bonds is 3. The van der Waals surface area contributed by atoms with E-state index in [9.17, 15) is 0 Å². The van der Waals surface area contributed by atoms with E-state index in [4.69, 9.17) is 16.7 Å². The van der Waals surface area contributed by atoms with Crippen molar-refractivity contribution in [3.63, 3.8) is 0 Å². The van der Waals surface area contributed by atoms with Crippen molar-refractivity contribution < 1.29 is 0 Å². The summed E-state index contributed by atoms with van der Waals surface area (Å²) in [5.41, 5.74) is 1.03. The number of aromatic nitrogens is 5. The minimum absolute atomic E-state index is 0.122. The summed E-state index contributed by atoms with van der Waals surface area (Å²) < 4.78 is 2.01.